The van der Waals surface area contributed by atoms with Crippen LogP contribution in [0.1, 0.15) is 37.1 Å². The second-order valence-electron chi connectivity index (χ2n) is 8.50. The summed E-state index contributed by atoms with van der Waals surface area (Å²) in [5, 5.41) is 24.3. The van der Waals surface area contributed by atoms with Crippen molar-refractivity contribution in [2.24, 2.45) is 5.41 Å². The summed E-state index contributed by atoms with van der Waals surface area (Å²) >= 11 is 0. The van der Waals surface area contributed by atoms with Gasteiger partial charge in [0.15, 0.2) is 0 Å². The topological polar surface area (TPSA) is 145 Å². The highest BCUT2D eigenvalue weighted by Gasteiger charge is 2.46. The van der Waals surface area contributed by atoms with Crippen LogP contribution >= 0.6 is 0 Å². The third-order valence-electron chi connectivity index (χ3n) is 5.54. The SMILES string of the molecule is Cc1cc(CN2CCC3(CC2)CC(NC(=O)OCCF)C3)n[nH]1.O=C(O)C(F)(F)F.O=C(O)C(F)(F)F. The molecule has 0 bridgehead atoms. The fourth-order valence-corrected chi connectivity index (χ4v) is 3.81. The Hall–Kier alpha value is -3.11. The van der Waals surface area contributed by atoms with E-state index in [0.717, 1.165) is 56.7 Å². The highest BCUT2D eigenvalue weighted by Crippen LogP contribution is 2.49. The van der Waals surface area contributed by atoms with Gasteiger partial charge < -0.3 is 20.3 Å². The number of rotatable bonds is 5. The molecule has 17 heteroatoms. The summed E-state index contributed by atoms with van der Waals surface area (Å²) in [6, 6.07) is 2.28. The fraction of sp³-hybridized carbons (Fsp3) is 0.700. The van der Waals surface area contributed by atoms with Crippen molar-refractivity contribution in [1.29, 1.82) is 0 Å². The summed E-state index contributed by atoms with van der Waals surface area (Å²) in [6.45, 7) is 4.27. The van der Waals surface area contributed by atoms with Gasteiger partial charge in [-0.15, -0.1) is 0 Å². The fourth-order valence-electron chi connectivity index (χ4n) is 3.81. The molecule has 1 aromatic rings. The molecular formula is C20H27F7N4O6. The van der Waals surface area contributed by atoms with E-state index in [0.29, 0.717) is 5.41 Å². The van der Waals surface area contributed by atoms with Crippen LogP contribution in [0.4, 0.5) is 35.5 Å². The molecule has 1 spiro atoms. The molecular weight excluding hydrogens is 525 g/mol. The lowest BCUT2D eigenvalue weighted by atomic mass is 9.60. The lowest BCUT2D eigenvalue weighted by molar-refractivity contribution is -0.193. The molecule has 2 heterocycles. The van der Waals surface area contributed by atoms with E-state index in [4.69, 9.17) is 24.5 Å². The highest BCUT2D eigenvalue weighted by molar-refractivity contribution is 5.73. The number of likely N-dealkylation sites (tertiary alicyclic amines) is 1. The van der Waals surface area contributed by atoms with Gasteiger partial charge >= 0.3 is 30.4 Å². The predicted molar refractivity (Wildman–Crippen MR) is 111 cm³/mol. The van der Waals surface area contributed by atoms with Crippen molar-refractivity contribution in [2.45, 2.75) is 57.5 Å². The Bertz CT molecular complexity index is 866. The van der Waals surface area contributed by atoms with Gasteiger partial charge in [0.2, 0.25) is 0 Å². The first kappa shape index (κ1) is 31.9. The second-order valence-corrected chi connectivity index (χ2v) is 8.50. The van der Waals surface area contributed by atoms with Crippen LogP contribution in [0, 0.1) is 12.3 Å². The Kier molecular flexibility index (Phi) is 11.6. The van der Waals surface area contributed by atoms with Crippen molar-refractivity contribution in [1.82, 2.24) is 20.4 Å². The van der Waals surface area contributed by atoms with Crippen molar-refractivity contribution in [3.8, 4) is 0 Å². The number of alkyl halides is 7. The molecule has 1 aromatic heterocycles. The van der Waals surface area contributed by atoms with Gasteiger partial charge in [-0.1, -0.05) is 0 Å². The number of piperidine rings is 1. The molecule has 0 atom stereocenters. The number of carboxylic acid groups (broad SMARTS) is 2. The number of aromatic amines is 1. The average Bonchev–Trinajstić information content (AvgIpc) is 3.16. The molecule has 10 nitrogen and oxygen atoms in total. The van der Waals surface area contributed by atoms with E-state index < -0.39 is 37.1 Å². The number of alkyl carbamates (subject to hydrolysis) is 1. The molecule has 0 radical (unpaired) electrons. The Morgan fingerprint density at radius 1 is 1.11 bits per heavy atom. The number of H-pyrrole nitrogens is 1. The van der Waals surface area contributed by atoms with E-state index in [-0.39, 0.29) is 12.6 Å². The van der Waals surface area contributed by atoms with Gasteiger partial charge in [0.1, 0.15) is 13.3 Å². The molecule has 2 fully saturated rings. The smallest absolute Gasteiger partial charge is 0.475 e. The number of carbonyl (C=O) groups is 3. The zero-order valence-corrected chi connectivity index (χ0v) is 19.6. The number of carbonyl (C=O) groups excluding carboxylic acids is 1. The highest BCUT2D eigenvalue weighted by atomic mass is 19.4. The number of hydrogen-bond donors (Lipinski definition) is 4. The van der Waals surface area contributed by atoms with Gasteiger partial charge in [-0.2, -0.15) is 31.4 Å². The first-order valence-electron chi connectivity index (χ1n) is 10.8. The minimum atomic E-state index is -5.08. The van der Waals surface area contributed by atoms with Crippen LogP contribution < -0.4 is 5.32 Å². The summed E-state index contributed by atoms with van der Waals surface area (Å²) in [5.74, 6) is -5.51. The maximum absolute atomic E-state index is 12.0. The van der Waals surface area contributed by atoms with E-state index in [1.165, 1.54) is 0 Å². The van der Waals surface area contributed by atoms with Crippen LogP contribution in [0.3, 0.4) is 0 Å². The monoisotopic (exact) mass is 552 g/mol. The molecule has 212 valence electrons. The summed E-state index contributed by atoms with van der Waals surface area (Å²) in [7, 11) is 0. The van der Waals surface area contributed by atoms with Crippen LogP contribution in [0.2, 0.25) is 0 Å². The molecule has 1 aliphatic carbocycles. The van der Waals surface area contributed by atoms with Crippen molar-refractivity contribution in [3.05, 3.63) is 17.5 Å². The third kappa shape index (κ3) is 11.7. The van der Waals surface area contributed by atoms with E-state index >= 15 is 0 Å². The Balaban J connectivity index is 0.000000404. The second kappa shape index (κ2) is 13.4. The normalized spacial score (nSPS) is 17.4. The zero-order chi connectivity index (χ0) is 28.4. The van der Waals surface area contributed by atoms with Crippen LogP contribution in [-0.2, 0) is 20.9 Å². The average molecular weight is 552 g/mol. The number of ether oxygens (including phenoxy) is 1. The molecule has 37 heavy (non-hydrogen) atoms. The zero-order valence-electron chi connectivity index (χ0n) is 19.6. The van der Waals surface area contributed by atoms with Gasteiger partial charge in [-0.25, -0.2) is 18.8 Å². The van der Waals surface area contributed by atoms with Gasteiger partial charge in [0.05, 0.1) is 5.69 Å². The number of hydrogen-bond acceptors (Lipinski definition) is 6. The molecule has 1 aliphatic heterocycles. The maximum Gasteiger partial charge on any atom is 0.490 e. The van der Waals surface area contributed by atoms with Crippen LogP contribution in [0.5, 0.6) is 0 Å². The van der Waals surface area contributed by atoms with Crippen molar-refractivity contribution in [3.63, 3.8) is 0 Å². The number of nitrogens with one attached hydrogen (secondary N) is 2. The van der Waals surface area contributed by atoms with E-state index in [1.54, 1.807) is 0 Å². The minimum Gasteiger partial charge on any atom is -0.475 e. The van der Waals surface area contributed by atoms with Gasteiger partial charge in [-0.05, 0) is 57.2 Å². The van der Waals surface area contributed by atoms with Crippen molar-refractivity contribution >= 4 is 18.0 Å². The lowest BCUT2D eigenvalue weighted by Crippen LogP contribution is -2.54. The van der Waals surface area contributed by atoms with E-state index in [1.807, 2.05) is 6.92 Å². The van der Waals surface area contributed by atoms with Crippen molar-refractivity contribution < 1.29 is 60.1 Å². The first-order chi connectivity index (χ1) is 17.0. The number of nitrogens with zero attached hydrogens (tertiary/aromatic N) is 2. The number of aromatic nitrogens is 2. The van der Waals surface area contributed by atoms with Gasteiger partial charge in [0, 0.05) is 18.3 Å². The number of carboxylic acids is 2. The first-order valence-corrected chi connectivity index (χ1v) is 10.8. The molecule has 1 amide bonds. The molecule has 2 aliphatic rings. The van der Waals surface area contributed by atoms with Crippen LogP contribution in [0.15, 0.2) is 6.07 Å². The number of amides is 1. The largest absolute Gasteiger partial charge is 0.490 e. The summed E-state index contributed by atoms with van der Waals surface area (Å²) in [5.41, 5.74) is 2.57. The number of aliphatic carboxylic acids is 2. The Labute approximate surface area is 206 Å². The van der Waals surface area contributed by atoms with Gasteiger partial charge in [-0.3, -0.25) is 10.00 Å². The van der Waals surface area contributed by atoms with Crippen LogP contribution in [-0.4, -0.2) is 88.1 Å². The summed E-state index contributed by atoms with van der Waals surface area (Å²) in [6.07, 6.45) is -6.32. The maximum atomic E-state index is 12.0. The van der Waals surface area contributed by atoms with Crippen LogP contribution in [0.25, 0.3) is 0 Å². The summed E-state index contributed by atoms with van der Waals surface area (Å²) < 4.78 is 80.1. The standard InChI is InChI=1S/C16H25FN4O2.2C2HF3O2/c1-12-8-13(20-19-12)11-21-5-2-16(3-6-21)9-14(10-16)18-15(22)23-7-4-17;2*3-2(4,5)1(6)7/h8,14H,2-7,9-11H2,1H3,(H,18,22)(H,19,20);2*(H,6,7). The molecule has 4 N–H and O–H groups in total. The summed E-state index contributed by atoms with van der Waals surface area (Å²) in [4.78, 5) is 31.6. The quantitative estimate of drug-likeness (QED) is 0.407. The molecule has 0 aromatic carbocycles. The van der Waals surface area contributed by atoms with Gasteiger partial charge in [0.25, 0.3) is 0 Å². The molecule has 0 unspecified atom stereocenters. The minimum absolute atomic E-state index is 0.161. The molecule has 1 saturated heterocycles. The Morgan fingerprint density at radius 3 is 1.97 bits per heavy atom. The van der Waals surface area contributed by atoms with E-state index in [2.05, 4.69) is 26.5 Å². The Morgan fingerprint density at radius 2 is 1.59 bits per heavy atom. The number of aryl methyl sites for hydroxylation is 1. The molecule has 3 rings (SSSR count). The number of halogens is 7. The lowest BCUT2D eigenvalue weighted by Gasteiger charge is -2.52. The predicted octanol–water partition coefficient (Wildman–Crippen LogP) is 3.43. The molecule has 1 saturated carbocycles. The van der Waals surface area contributed by atoms with E-state index in [9.17, 15) is 35.5 Å². The third-order valence-corrected chi connectivity index (χ3v) is 5.54. The van der Waals surface area contributed by atoms with Crippen molar-refractivity contribution in [2.75, 3.05) is 26.4 Å².